The van der Waals surface area contributed by atoms with Gasteiger partial charge in [0, 0.05) is 48.0 Å². The number of β-amino-alcohol motifs (C(OH)–C–C–N with tert-alkyl or cyclic N) is 1. The molecule has 1 amide bonds. The van der Waals surface area contributed by atoms with E-state index in [0.717, 1.165) is 0 Å². The van der Waals surface area contributed by atoms with Crippen molar-refractivity contribution >= 4 is 34.8 Å². The van der Waals surface area contributed by atoms with Gasteiger partial charge in [-0.1, -0.05) is 35.3 Å². The van der Waals surface area contributed by atoms with Gasteiger partial charge < -0.3 is 15.2 Å². The molecule has 0 bridgehead atoms. The second-order valence-electron chi connectivity index (χ2n) is 7.68. The first-order chi connectivity index (χ1) is 14.8. The fourth-order valence-corrected chi connectivity index (χ4v) is 4.11. The van der Waals surface area contributed by atoms with Crippen LogP contribution in [0.25, 0.3) is 0 Å². The van der Waals surface area contributed by atoms with Gasteiger partial charge in [-0.2, -0.15) is 0 Å². The SMILES string of the molecule is C[C@H]1CN(CC(=O)Nc2cc(Cl)cc(Cl)c2)CCN1C[C@H](O)COc1ccccc1F. The van der Waals surface area contributed by atoms with Gasteiger partial charge >= 0.3 is 0 Å². The molecule has 2 atom stereocenters. The number of aliphatic hydroxyl groups excluding tert-OH is 1. The van der Waals surface area contributed by atoms with Crippen molar-refractivity contribution in [1.29, 1.82) is 0 Å². The van der Waals surface area contributed by atoms with Gasteiger partial charge in [0.05, 0.1) is 6.54 Å². The zero-order valence-electron chi connectivity index (χ0n) is 17.2. The Kier molecular flexibility index (Phi) is 8.51. The second kappa shape index (κ2) is 11.1. The van der Waals surface area contributed by atoms with Gasteiger partial charge in [-0.05, 0) is 37.3 Å². The van der Waals surface area contributed by atoms with Crippen LogP contribution in [0.15, 0.2) is 42.5 Å². The van der Waals surface area contributed by atoms with E-state index in [4.69, 9.17) is 27.9 Å². The summed E-state index contributed by atoms with van der Waals surface area (Å²) in [4.78, 5) is 16.6. The predicted molar refractivity (Wildman–Crippen MR) is 120 cm³/mol. The first-order valence-electron chi connectivity index (χ1n) is 10.1. The number of carbonyl (C=O) groups excluding carboxylic acids is 1. The number of para-hydroxylation sites is 1. The molecule has 2 N–H and O–H groups in total. The highest BCUT2D eigenvalue weighted by atomic mass is 35.5. The van der Waals surface area contributed by atoms with Gasteiger partial charge in [-0.15, -0.1) is 0 Å². The van der Waals surface area contributed by atoms with Gasteiger partial charge in [0.25, 0.3) is 0 Å². The Hall–Kier alpha value is -1.90. The van der Waals surface area contributed by atoms with Gasteiger partial charge in [-0.3, -0.25) is 14.6 Å². The van der Waals surface area contributed by atoms with Crippen LogP contribution in [0, 0.1) is 5.82 Å². The molecule has 1 fully saturated rings. The molecule has 1 saturated heterocycles. The third-order valence-corrected chi connectivity index (χ3v) is 5.51. The standard InChI is InChI=1S/C22H26Cl2FN3O3/c1-15-11-27(13-22(30)26-18-9-16(23)8-17(24)10-18)6-7-28(15)12-19(29)14-31-21-5-3-2-4-20(21)25/h2-5,8-10,15,19,29H,6-7,11-14H2,1H3,(H,26,30)/t15-,19-/m0/s1. The van der Waals surface area contributed by atoms with Crippen LogP contribution in [0.5, 0.6) is 5.75 Å². The van der Waals surface area contributed by atoms with Crippen LogP contribution in [0.4, 0.5) is 10.1 Å². The van der Waals surface area contributed by atoms with Crippen LogP contribution in [0.1, 0.15) is 6.92 Å². The van der Waals surface area contributed by atoms with Crippen molar-refractivity contribution in [2.75, 3.05) is 44.6 Å². The molecule has 3 rings (SSSR count). The van der Waals surface area contributed by atoms with E-state index in [1.54, 1.807) is 30.3 Å². The van der Waals surface area contributed by atoms with E-state index in [2.05, 4.69) is 15.1 Å². The van der Waals surface area contributed by atoms with Crippen LogP contribution in [0.3, 0.4) is 0 Å². The highest BCUT2D eigenvalue weighted by Crippen LogP contribution is 2.22. The van der Waals surface area contributed by atoms with Crippen LogP contribution >= 0.6 is 23.2 Å². The Labute approximate surface area is 191 Å². The number of aliphatic hydroxyl groups is 1. The third kappa shape index (κ3) is 7.33. The highest BCUT2D eigenvalue weighted by Gasteiger charge is 2.26. The minimum Gasteiger partial charge on any atom is -0.488 e. The summed E-state index contributed by atoms with van der Waals surface area (Å²) in [6, 6.07) is 11.2. The average molecular weight is 470 g/mol. The van der Waals surface area contributed by atoms with Crippen molar-refractivity contribution in [2.45, 2.75) is 19.1 Å². The minimum absolute atomic E-state index is 0.0124. The average Bonchev–Trinajstić information content (AvgIpc) is 2.68. The lowest BCUT2D eigenvalue weighted by Crippen LogP contribution is -2.55. The Bertz CT molecular complexity index is 882. The Morgan fingerprint density at radius 1 is 1.26 bits per heavy atom. The summed E-state index contributed by atoms with van der Waals surface area (Å²) in [5.74, 6) is -0.460. The monoisotopic (exact) mass is 469 g/mol. The molecular weight excluding hydrogens is 444 g/mol. The molecule has 0 aromatic heterocycles. The summed E-state index contributed by atoms with van der Waals surface area (Å²) in [5, 5.41) is 14.0. The maximum absolute atomic E-state index is 13.6. The Morgan fingerprint density at radius 3 is 2.65 bits per heavy atom. The van der Waals surface area contributed by atoms with Gasteiger partial charge in [0.2, 0.25) is 5.91 Å². The molecule has 6 nitrogen and oxygen atoms in total. The number of piperazine rings is 1. The highest BCUT2D eigenvalue weighted by molar-refractivity contribution is 6.35. The van der Waals surface area contributed by atoms with E-state index in [1.807, 2.05) is 6.92 Å². The smallest absolute Gasteiger partial charge is 0.238 e. The number of amides is 1. The molecule has 2 aromatic rings. The quantitative estimate of drug-likeness (QED) is 0.619. The molecule has 168 valence electrons. The number of nitrogens with one attached hydrogen (secondary N) is 1. The topological polar surface area (TPSA) is 65.0 Å². The van der Waals surface area contributed by atoms with Crippen LogP contribution in [0.2, 0.25) is 10.0 Å². The van der Waals surface area contributed by atoms with Crippen molar-refractivity contribution in [1.82, 2.24) is 9.80 Å². The fourth-order valence-electron chi connectivity index (χ4n) is 3.59. The third-order valence-electron chi connectivity index (χ3n) is 5.08. The number of hydrogen-bond acceptors (Lipinski definition) is 5. The number of nitrogens with zero attached hydrogens (tertiary/aromatic N) is 2. The van der Waals surface area contributed by atoms with Gasteiger partial charge in [0.1, 0.15) is 12.7 Å². The summed E-state index contributed by atoms with van der Waals surface area (Å²) in [6.07, 6.45) is -0.746. The lowest BCUT2D eigenvalue weighted by molar-refractivity contribution is -0.118. The molecule has 0 saturated carbocycles. The molecule has 0 radical (unpaired) electrons. The fraction of sp³-hybridized carbons (Fsp3) is 0.409. The number of carbonyl (C=O) groups is 1. The lowest BCUT2D eigenvalue weighted by atomic mass is 10.1. The molecule has 0 aliphatic carbocycles. The number of benzene rings is 2. The molecule has 31 heavy (non-hydrogen) atoms. The van der Waals surface area contributed by atoms with Crippen LogP contribution in [-0.2, 0) is 4.79 Å². The summed E-state index contributed by atoms with van der Waals surface area (Å²) >= 11 is 11.9. The zero-order valence-corrected chi connectivity index (χ0v) is 18.7. The van der Waals surface area contributed by atoms with Crippen LogP contribution < -0.4 is 10.1 Å². The normalized spacial score (nSPS) is 18.5. The first kappa shape index (κ1) is 23.8. The summed E-state index contributed by atoms with van der Waals surface area (Å²) in [7, 11) is 0. The Balaban J connectivity index is 1.42. The zero-order chi connectivity index (χ0) is 22.4. The molecule has 2 aromatic carbocycles. The maximum atomic E-state index is 13.6. The van der Waals surface area contributed by atoms with E-state index in [1.165, 1.54) is 12.1 Å². The van der Waals surface area contributed by atoms with E-state index in [0.29, 0.717) is 41.9 Å². The van der Waals surface area contributed by atoms with E-state index in [-0.39, 0.29) is 30.9 Å². The van der Waals surface area contributed by atoms with Crippen molar-refractivity contribution in [3.8, 4) is 5.75 Å². The van der Waals surface area contributed by atoms with Crippen molar-refractivity contribution in [3.63, 3.8) is 0 Å². The first-order valence-corrected chi connectivity index (χ1v) is 10.8. The molecule has 9 heteroatoms. The van der Waals surface area contributed by atoms with E-state index < -0.39 is 11.9 Å². The molecule has 1 aliphatic heterocycles. The summed E-state index contributed by atoms with van der Waals surface area (Å²) in [5.41, 5.74) is 0.562. The molecular formula is C22H26Cl2FN3O3. The van der Waals surface area contributed by atoms with Crippen molar-refractivity contribution in [3.05, 3.63) is 58.3 Å². The van der Waals surface area contributed by atoms with E-state index >= 15 is 0 Å². The van der Waals surface area contributed by atoms with Crippen LogP contribution in [-0.4, -0.2) is 72.3 Å². The van der Waals surface area contributed by atoms with Gasteiger partial charge in [0.15, 0.2) is 11.6 Å². The number of anilines is 1. The number of rotatable bonds is 8. The molecule has 1 aliphatic rings. The molecule has 1 heterocycles. The number of halogens is 3. The molecule has 0 unspecified atom stereocenters. The molecule has 0 spiro atoms. The largest absolute Gasteiger partial charge is 0.488 e. The Morgan fingerprint density at radius 2 is 1.97 bits per heavy atom. The predicted octanol–water partition coefficient (Wildman–Crippen LogP) is 3.52. The van der Waals surface area contributed by atoms with Crippen molar-refractivity contribution in [2.24, 2.45) is 0 Å². The number of ether oxygens (including phenoxy) is 1. The van der Waals surface area contributed by atoms with Gasteiger partial charge in [-0.25, -0.2) is 4.39 Å². The minimum atomic E-state index is -0.746. The summed E-state index contributed by atoms with van der Waals surface area (Å²) in [6.45, 7) is 4.80. The second-order valence-corrected chi connectivity index (χ2v) is 8.55. The summed E-state index contributed by atoms with van der Waals surface area (Å²) < 4.78 is 19.0. The maximum Gasteiger partial charge on any atom is 0.238 e. The van der Waals surface area contributed by atoms with Crippen molar-refractivity contribution < 1.29 is 19.0 Å². The lowest BCUT2D eigenvalue weighted by Gasteiger charge is -2.40. The number of hydrogen-bond donors (Lipinski definition) is 2. The van der Waals surface area contributed by atoms with E-state index in [9.17, 15) is 14.3 Å².